The van der Waals surface area contributed by atoms with Gasteiger partial charge in [0.1, 0.15) is 34.6 Å². The molecule has 4 rings (SSSR count). The maximum atomic E-state index is 5.43. The Hall–Kier alpha value is -2.88. The summed E-state index contributed by atoms with van der Waals surface area (Å²) in [5.41, 5.74) is 0. The number of unbranched alkanes of at least 4 members (excludes halogenated alkanes) is 8. The summed E-state index contributed by atoms with van der Waals surface area (Å²) in [7, 11) is 0. The standard InChI is InChI=1S/2C10H16O.2C9H14O/c2*1-3-4-5-6-10-8-7-9(2)11-10;2*1-2-3-4-6-9-7-5-8-10-9/h2*7-8H,3-6H2,1-2H3;2*5,7-8H,2-4,6H2,1H3. The van der Waals surface area contributed by atoms with Gasteiger partial charge >= 0.3 is 0 Å². The van der Waals surface area contributed by atoms with E-state index in [0.717, 1.165) is 60.2 Å². The minimum atomic E-state index is 1.02. The highest BCUT2D eigenvalue weighted by atomic mass is 16.3. The van der Waals surface area contributed by atoms with Gasteiger partial charge in [-0.15, -0.1) is 0 Å². The van der Waals surface area contributed by atoms with Gasteiger partial charge in [-0.1, -0.05) is 79.1 Å². The number of hydrogen-bond acceptors (Lipinski definition) is 4. The fourth-order valence-corrected chi connectivity index (χ4v) is 4.35. The van der Waals surface area contributed by atoms with Crippen LogP contribution in [0.4, 0.5) is 0 Å². The van der Waals surface area contributed by atoms with Crippen molar-refractivity contribution in [3.8, 4) is 0 Å². The molecule has 4 nitrogen and oxygen atoms in total. The van der Waals surface area contributed by atoms with E-state index in [1.54, 1.807) is 12.5 Å². The van der Waals surface area contributed by atoms with Crippen LogP contribution in [0.5, 0.6) is 0 Å². The Balaban J connectivity index is 0.000000280. The van der Waals surface area contributed by atoms with Crippen LogP contribution in [-0.2, 0) is 25.7 Å². The molecule has 42 heavy (non-hydrogen) atoms. The fraction of sp³-hybridized carbons (Fsp3) is 0.579. The summed E-state index contributed by atoms with van der Waals surface area (Å²) in [6.07, 6.45) is 23.2. The first kappa shape index (κ1) is 37.1. The Kier molecular flexibility index (Phi) is 22.8. The lowest BCUT2D eigenvalue weighted by Crippen LogP contribution is -1.80. The first-order valence-corrected chi connectivity index (χ1v) is 16.7. The smallest absolute Gasteiger partial charge is 0.104 e. The summed E-state index contributed by atoms with van der Waals surface area (Å²) < 4.78 is 21.2. The molecule has 0 amide bonds. The van der Waals surface area contributed by atoms with Crippen LogP contribution in [0.25, 0.3) is 0 Å². The third kappa shape index (κ3) is 20.1. The predicted molar refractivity (Wildman–Crippen MR) is 177 cm³/mol. The Bertz CT molecular complexity index is 966. The van der Waals surface area contributed by atoms with E-state index in [1.807, 2.05) is 50.2 Å². The van der Waals surface area contributed by atoms with E-state index in [9.17, 15) is 0 Å². The van der Waals surface area contributed by atoms with Crippen LogP contribution in [-0.4, -0.2) is 0 Å². The molecular formula is C38H60O4. The quantitative estimate of drug-likeness (QED) is 0.124. The maximum absolute atomic E-state index is 5.43. The van der Waals surface area contributed by atoms with Crippen LogP contribution in [0.2, 0.25) is 0 Å². The number of furan rings is 4. The molecule has 4 aromatic heterocycles. The third-order valence-corrected chi connectivity index (χ3v) is 6.86. The lowest BCUT2D eigenvalue weighted by molar-refractivity contribution is 0.473. The van der Waals surface area contributed by atoms with Gasteiger partial charge in [-0.2, -0.15) is 0 Å². The monoisotopic (exact) mass is 580 g/mol. The average Bonchev–Trinajstić information content (AvgIpc) is 3.81. The van der Waals surface area contributed by atoms with Gasteiger partial charge in [0.05, 0.1) is 12.5 Å². The molecule has 0 unspecified atom stereocenters. The SMILES string of the molecule is CCCCCc1ccc(C)o1.CCCCCc1ccc(C)o1.CCCCCc1ccco1.CCCCCc1ccco1. The summed E-state index contributed by atoms with van der Waals surface area (Å²) in [6, 6.07) is 16.2. The molecule has 0 atom stereocenters. The maximum Gasteiger partial charge on any atom is 0.104 e. The average molecular weight is 581 g/mol. The second kappa shape index (κ2) is 25.8. The topological polar surface area (TPSA) is 52.6 Å². The van der Waals surface area contributed by atoms with E-state index in [0.29, 0.717) is 0 Å². The van der Waals surface area contributed by atoms with Gasteiger partial charge in [0, 0.05) is 25.7 Å². The van der Waals surface area contributed by atoms with Gasteiger partial charge in [-0.05, 0) is 88.1 Å². The molecule has 0 fully saturated rings. The number of rotatable bonds is 16. The fourth-order valence-electron chi connectivity index (χ4n) is 4.35. The van der Waals surface area contributed by atoms with E-state index in [2.05, 4.69) is 39.8 Å². The van der Waals surface area contributed by atoms with Crippen LogP contribution in [0.1, 0.15) is 139 Å². The van der Waals surface area contributed by atoms with E-state index in [-0.39, 0.29) is 0 Å². The second-order valence-corrected chi connectivity index (χ2v) is 11.0. The van der Waals surface area contributed by atoms with Crippen LogP contribution >= 0.6 is 0 Å². The summed E-state index contributed by atoms with van der Waals surface area (Å²) in [6.45, 7) is 12.8. The number of hydrogen-bond donors (Lipinski definition) is 0. The van der Waals surface area contributed by atoms with Gasteiger partial charge in [-0.25, -0.2) is 0 Å². The first-order valence-electron chi connectivity index (χ1n) is 16.7. The minimum absolute atomic E-state index is 1.02. The summed E-state index contributed by atoms with van der Waals surface area (Å²) in [5.74, 6) is 6.56. The van der Waals surface area contributed by atoms with Gasteiger partial charge in [-0.3, -0.25) is 0 Å². The van der Waals surface area contributed by atoms with Gasteiger partial charge in [0.15, 0.2) is 0 Å². The Morgan fingerprint density at radius 3 is 0.976 bits per heavy atom. The Morgan fingerprint density at radius 1 is 0.405 bits per heavy atom. The van der Waals surface area contributed by atoms with Crippen LogP contribution < -0.4 is 0 Å². The molecule has 4 aromatic rings. The molecule has 0 spiro atoms. The summed E-state index contributed by atoms with van der Waals surface area (Å²) in [4.78, 5) is 0. The molecule has 4 heteroatoms. The Labute approximate surface area is 257 Å². The zero-order chi connectivity index (χ0) is 30.7. The zero-order valence-corrected chi connectivity index (χ0v) is 27.7. The van der Waals surface area contributed by atoms with Crippen LogP contribution in [0, 0.1) is 13.8 Å². The van der Waals surface area contributed by atoms with Gasteiger partial charge < -0.3 is 17.7 Å². The lowest BCUT2D eigenvalue weighted by Gasteiger charge is -1.94. The van der Waals surface area contributed by atoms with Crippen LogP contribution in [0.15, 0.2) is 78.7 Å². The second-order valence-electron chi connectivity index (χ2n) is 11.0. The zero-order valence-electron chi connectivity index (χ0n) is 27.7. The molecule has 0 saturated heterocycles. The summed E-state index contributed by atoms with van der Waals surface area (Å²) in [5, 5.41) is 0. The molecule has 0 saturated carbocycles. The van der Waals surface area contributed by atoms with Crippen molar-refractivity contribution in [2.24, 2.45) is 0 Å². The van der Waals surface area contributed by atoms with Crippen molar-refractivity contribution in [3.05, 3.63) is 95.6 Å². The van der Waals surface area contributed by atoms with Crippen molar-refractivity contribution < 1.29 is 17.7 Å². The van der Waals surface area contributed by atoms with E-state index in [4.69, 9.17) is 17.7 Å². The molecule has 0 radical (unpaired) electrons. The Morgan fingerprint density at radius 2 is 0.738 bits per heavy atom. The normalized spacial score (nSPS) is 10.2. The van der Waals surface area contributed by atoms with E-state index < -0.39 is 0 Å². The predicted octanol–water partition coefficient (Wildman–Crippen LogP) is 12.7. The molecule has 0 aliphatic heterocycles. The van der Waals surface area contributed by atoms with Crippen molar-refractivity contribution in [1.29, 1.82) is 0 Å². The third-order valence-electron chi connectivity index (χ3n) is 6.86. The highest BCUT2D eigenvalue weighted by molar-refractivity contribution is 5.06. The van der Waals surface area contributed by atoms with Crippen molar-refractivity contribution >= 4 is 0 Å². The van der Waals surface area contributed by atoms with E-state index in [1.165, 1.54) is 77.0 Å². The largest absolute Gasteiger partial charge is 0.469 e. The lowest BCUT2D eigenvalue weighted by atomic mass is 10.2. The highest BCUT2D eigenvalue weighted by Crippen LogP contribution is 2.11. The molecule has 0 aliphatic carbocycles. The molecule has 236 valence electrons. The molecule has 0 bridgehead atoms. The molecule has 0 aromatic carbocycles. The van der Waals surface area contributed by atoms with E-state index >= 15 is 0 Å². The molecule has 4 heterocycles. The van der Waals surface area contributed by atoms with Crippen molar-refractivity contribution in [1.82, 2.24) is 0 Å². The van der Waals surface area contributed by atoms with Crippen molar-refractivity contribution in [3.63, 3.8) is 0 Å². The minimum Gasteiger partial charge on any atom is -0.469 e. The molecule has 0 N–H and O–H groups in total. The van der Waals surface area contributed by atoms with Crippen LogP contribution in [0.3, 0.4) is 0 Å². The van der Waals surface area contributed by atoms with Gasteiger partial charge in [0.2, 0.25) is 0 Å². The number of aryl methyl sites for hydroxylation is 6. The van der Waals surface area contributed by atoms with Crippen molar-refractivity contribution in [2.45, 2.75) is 144 Å². The van der Waals surface area contributed by atoms with Gasteiger partial charge in [0.25, 0.3) is 0 Å². The molecular weight excluding hydrogens is 520 g/mol. The highest BCUT2D eigenvalue weighted by Gasteiger charge is 1.98. The van der Waals surface area contributed by atoms with Crippen molar-refractivity contribution in [2.75, 3.05) is 0 Å². The molecule has 0 aliphatic rings. The summed E-state index contributed by atoms with van der Waals surface area (Å²) >= 11 is 0. The first-order chi connectivity index (χ1) is 20.5.